The maximum atomic E-state index is 11.8. The minimum Gasteiger partial charge on any atom is -0.346 e. The highest BCUT2D eigenvalue weighted by atomic mass is 28.4. The van der Waals surface area contributed by atoms with E-state index in [1.54, 1.807) is 6.92 Å². The van der Waals surface area contributed by atoms with Crippen LogP contribution in [0.4, 0.5) is 0 Å². The van der Waals surface area contributed by atoms with Crippen molar-refractivity contribution in [3.05, 3.63) is 11.6 Å². The molecule has 0 aliphatic carbocycles. The predicted molar refractivity (Wildman–Crippen MR) is 88.5 cm³/mol. The normalized spacial score (nSPS) is 17.2. The summed E-state index contributed by atoms with van der Waals surface area (Å²) in [6.45, 7) is 17.4. The molecule has 0 aromatic rings. The molecular weight excluding hydrogens is 284 g/mol. The maximum absolute atomic E-state index is 11.8. The second-order valence-corrected chi connectivity index (χ2v) is 17.7. The first kappa shape index (κ1) is 17.3. The van der Waals surface area contributed by atoms with E-state index in [1.165, 1.54) is 11.0 Å². The Labute approximate surface area is 125 Å². The predicted octanol–water partition coefficient (Wildman–Crippen LogP) is 2.66. The van der Waals surface area contributed by atoms with Gasteiger partial charge in [-0.1, -0.05) is 39.3 Å². The number of carbonyl (C=O) groups excluding carboxylic acids is 2. The molecule has 1 aliphatic heterocycles. The average Bonchev–Trinajstić information content (AvgIpc) is 2.46. The molecule has 0 bridgehead atoms. The zero-order valence-electron chi connectivity index (χ0n) is 13.9. The Morgan fingerprint density at radius 2 is 1.55 bits per heavy atom. The summed E-state index contributed by atoms with van der Waals surface area (Å²) in [5, 5.41) is 0. The van der Waals surface area contributed by atoms with E-state index in [4.69, 9.17) is 0 Å². The van der Waals surface area contributed by atoms with E-state index in [0.717, 1.165) is 13.0 Å². The molecule has 1 heterocycles. The lowest BCUT2D eigenvalue weighted by atomic mass is 10.3. The Morgan fingerprint density at radius 1 is 1.05 bits per heavy atom. The van der Waals surface area contributed by atoms with E-state index < -0.39 is 16.5 Å². The van der Waals surface area contributed by atoms with Gasteiger partial charge in [-0.15, -0.1) is 0 Å². The fourth-order valence-corrected chi connectivity index (χ4v) is 12.6. The van der Waals surface area contributed by atoms with Crippen LogP contribution < -0.4 is 0 Å². The van der Waals surface area contributed by atoms with Crippen molar-refractivity contribution >= 4 is 28.3 Å². The smallest absolute Gasteiger partial charge is 0.256 e. The van der Waals surface area contributed by atoms with Gasteiger partial charge in [0.1, 0.15) is 16.5 Å². The summed E-state index contributed by atoms with van der Waals surface area (Å²) in [7, 11) is -2.71. The Hall–Kier alpha value is -0.726. The molecule has 0 radical (unpaired) electrons. The maximum Gasteiger partial charge on any atom is 0.256 e. The molecule has 114 valence electrons. The zero-order valence-corrected chi connectivity index (χ0v) is 15.9. The van der Waals surface area contributed by atoms with E-state index >= 15 is 0 Å². The highest BCUT2D eigenvalue weighted by molar-refractivity contribution is 6.89. The monoisotopic (exact) mass is 312 g/mol. The average molecular weight is 313 g/mol. The molecule has 0 atom stereocenters. The molecule has 20 heavy (non-hydrogen) atoms. The van der Waals surface area contributed by atoms with Crippen LogP contribution in [0.25, 0.3) is 0 Å². The van der Waals surface area contributed by atoms with E-state index in [0.29, 0.717) is 12.1 Å². The highest BCUT2D eigenvalue weighted by Gasteiger charge is 2.34. The van der Waals surface area contributed by atoms with Crippen LogP contribution in [-0.4, -0.2) is 50.5 Å². The van der Waals surface area contributed by atoms with Crippen molar-refractivity contribution < 1.29 is 9.59 Å². The van der Waals surface area contributed by atoms with Crippen LogP contribution in [-0.2, 0) is 9.59 Å². The number of hydrogen-bond acceptors (Lipinski definition) is 3. The van der Waals surface area contributed by atoms with Crippen molar-refractivity contribution in [1.82, 2.24) is 9.13 Å². The zero-order chi connectivity index (χ0) is 15.7. The van der Waals surface area contributed by atoms with Gasteiger partial charge in [-0.2, -0.15) is 0 Å². The van der Waals surface area contributed by atoms with Crippen molar-refractivity contribution in [2.75, 3.05) is 13.1 Å². The molecule has 2 amide bonds. The number of nitrogens with zero attached hydrogens (tertiary/aromatic N) is 2. The lowest BCUT2D eigenvalue weighted by molar-refractivity contribution is -0.137. The van der Waals surface area contributed by atoms with Crippen LogP contribution in [0.2, 0.25) is 39.3 Å². The number of carbonyl (C=O) groups is 2. The van der Waals surface area contributed by atoms with Crippen molar-refractivity contribution in [2.45, 2.75) is 52.6 Å². The molecule has 0 aromatic carbocycles. The summed E-state index contributed by atoms with van der Waals surface area (Å²) in [4.78, 5) is 24.9. The number of hydrogen-bond donors (Lipinski definition) is 0. The number of rotatable bonds is 6. The molecule has 1 aliphatic rings. The quantitative estimate of drug-likeness (QED) is 0.559. The molecule has 0 unspecified atom stereocenters. The van der Waals surface area contributed by atoms with Crippen LogP contribution in [0, 0.1) is 0 Å². The first-order chi connectivity index (χ1) is 8.94. The molecule has 0 aromatic heterocycles. The van der Waals surface area contributed by atoms with E-state index in [1.807, 2.05) is 0 Å². The van der Waals surface area contributed by atoms with Crippen molar-refractivity contribution in [1.29, 1.82) is 0 Å². The lowest BCUT2D eigenvalue weighted by Crippen LogP contribution is -2.59. The van der Waals surface area contributed by atoms with Gasteiger partial charge in [0.15, 0.2) is 0 Å². The van der Waals surface area contributed by atoms with Crippen LogP contribution in [0.15, 0.2) is 11.6 Å². The van der Waals surface area contributed by atoms with E-state index in [9.17, 15) is 9.59 Å². The van der Waals surface area contributed by atoms with Gasteiger partial charge in [-0.05, 0) is 19.9 Å². The molecule has 0 saturated heterocycles. The van der Waals surface area contributed by atoms with Gasteiger partial charge in [0.25, 0.3) is 11.8 Å². The van der Waals surface area contributed by atoms with Gasteiger partial charge >= 0.3 is 0 Å². The van der Waals surface area contributed by atoms with Crippen LogP contribution >= 0.6 is 0 Å². The van der Waals surface area contributed by atoms with Gasteiger partial charge in [-0.25, -0.2) is 0 Å². The fraction of sp³-hybridized carbons (Fsp3) is 0.714. The molecule has 1 rings (SSSR count). The minimum absolute atomic E-state index is 0.123. The van der Waals surface area contributed by atoms with Gasteiger partial charge in [0, 0.05) is 18.2 Å². The Balaban J connectivity index is 2.59. The summed E-state index contributed by atoms with van der Waals surface area (Å²) in [6.07, 6.45) is 2.31. The third-order valence-corrected chi connectivity index (χ3v) is 11.3. The Morgan fingerprint density at radius 3 is 1.90 bits per heavy atom. The van der Waals surface area contributed by atoms with Gasteiger partial charge in [0.2, 0.25) is 0 Å². The third kappa shape index (κ3) is 4.13. The molecule has 0 spiro atoms. The first-order valence-corrected chi connectivity index (χ1v) is 14.2. The molecule has 6 heteroatoms. The third-order valence-electron chi connectivity index (χ3n) is 3.57. The van der Waals surface area contributed by atoms with Crippen molar-refractivity contribution in [3.63, 3.8) is 0 Å². The standard InChI is InChI=1S/C14H28N2O2Si2/c1-12-11-13(17)15(14(12)18)9-8-10-16(19(2,3)4)20(5,6)7/h11H,8-10H2,1-7H3. The van der Waals surface area contributed by atoms with Crippen LogP contribution in [0.5, 0.6) is 0 Å². The number of imide groups is 1. The molecule has 0 fully saturated rings. The van der Waals surface area contributed by atoms with Crippen molar-refractivity contribution in [3.8, 4) is 0 Å². The van der Waals surface area contributed by atoms with Gasteiger partial charge in [0.05, 0.1) is 0 Å². The highest BCUT2D eigenvalue weighted by Crippen LogP contribution is 2.20. The molecule has 4 nitrogen and oxygen atoms in total. The largest absolute Gasteiger partial charge is 0.346 e. The van der Waals surface area contributed by atoms with E-state index in [-0.39, 0.29) is 11.8 Å². The Kier molecular flexibility index (Phi) is 5.15. The lowest BCUT2D eigenvalue weighted by Gasteiger charge is -2.43. The summed E-state index contributed by atoms with van der Waals surface area (Å²) >= 11 is 0. The Bertz CT molecular complexity index is 419. The van der Waals surface area contributed by atoms with Crippen LogP contribution in [0.3, 0.4) is 0 Å². The van der Waals surface area contributed by atoms with Gasteiger partial charge in [-0.3, -0.25) is 14.5 Å². The SMILES string of the molecule is CC1=CC(=O)N(CCCN([Si](C)(C)C)[Si](C)(C)C)C1=O. The minimum atomic E-state index is -1.35. The second kappa shape index (κ2) is 5.95. The number of amides is 2. The molecular formula is C14H28N2O2Si2. The first-order valence-electron chi connectivity index (χ1n) is 7.26. The second-order valence-electron chi connectivity index (χ2n) is 7.47. The van der Waals surface area contributed by atoms with E-state index in [2.05, 4.69) is 43.5 Å². The fourth-order valence-electron chi connectivity index (χ4n) is 2.91. The summed E-state index contributed by atoms with van der Waals surface area (Å²) < 4.78 is 2.69. The van der Waals surface area contributed by atoms with Gasteiger partial charge < -0.3 is 4.23 Å². The molecule has 0 N–H and O–H groups in total. The topological polar surface area (TPSA) is 40.6 Å². The summed E-state index contributed by atoms with van der Waals surface area (Å²) in [6, 6.07) is 0. The molecule has 0 saturated carbocycles. The summed E-state index contributed by atoms with van der Waals surface area (Å²) in [5.41, 5.74) is 0.558. The van der Waals surface area contributed by atoms with Crippen LogP contribution in [0.1, 0.15) is 13.3 Å². The summed E-state index contributed by atoms with van der Waals surface area (Å²) in [5.74, 6) is -0.275. The van der Waals surface area contributed by atoms with Crippen molar-refractivity contribution in [2.24, 2.45) is 0 Å².